The van der Waals surface area contributed by atoms with Crippen molar-refractivity contribution in [3.8, 4) is 5.75 Å². The molecule has 2 rings (SSSR count). The molecule has 102 valence electrons. The fourth-order valence-corrected chi connectivity index (χ4v) is 2.16. The lowest BCUT2D eigenvalue weighted by Gasteiger charge is -2.16. The first-order chi connectivity index (χ1) is 9.24. The largest absolute Gasteiger partial charge is 0.493 e. The molecule has 2 N–H and O–H groups in total. The molecule has 0 aliphatic carbocycles. The zero-order valence-electron chi connectivity index (χ0n) is 11.6. The van der Waals surface area contributed by atoms with Crippen molar-refractivity contribution in [2.24, 2.45) is 5.73 Å². The van der Waals surface area contributed by atoms with Gasteiger partial charge in [-0.2, -0.15) is 0 Å². The maximum atomic E-state index is 6.03. The van der Waals surface area contributed by atoms with Crippen LogP contribution in [0.25, 0.3) is 10.8 Å². The summed E-state index contributed by atoms with van der Waals surface area (Å²) < 4.78 is 11.0. The van der Waals surface area contributed by atoms with Crippen LogP contribution in [0.3, 0.4) is 0 Å². The van der Waals surface area contributed by atoms with Gasteiger partial charge in [0.1, 0.15) is 5.75 Å². The number of nitrogens with two attached hydrogens (primary N) is 1. The van der Waals surface area contributed by atoms with Gasteiger partial charge in [-0.05, 0) is 12.3 Å². The first kappa shape index (κ1) is 13.8. The molecular formula is C16H21NO2. The van der Waals surface area contributed by atoms with Gasteiger partial charge in [-0.25, -0.2) is 0 Å². The number of rotatable bonds is 6. The fourth-order valence-electron chi connectivity index (χ4n) is 2.16. The lowest BCUT2D eigenvalue weighted by atomic mass is 10.0. The van der Waals surface area contributed by atoms with Gasteiger partial charge in [-0.3, -0.25) is 0 Å². The molecule has 0 aliphatic rings. The van der Waals surface area contributed by atoms with Gasteiger partial charge in [-0.15, -0.1) is 0 Å². The summed E-state index contributed by atoms with van der Waals surface area (Å²) in [5.41, 5.74) is 7.08. The zero-order chi connectivity index (χ0) is 13.7. The van der Waals surface area contributed by atoms with Crippen molar-refractivity contribution < 1.29 is 9.47 Å². The topological polar surface area (TPSA) is 44.5 Å². The van der Waals surface area contributed by atoms with Gasteiger partial charge in [0.25, 0.3) is 0 Å². The van der Waals surface area contributed by atoms with E-state index in [1.54, 1.807) is 7.11 Å². The van der Waals surface area contributed by atoms with Crippen LogP contribution in [0, 0.1) is 0 Å². The highest BCUT2D eigenvalue weighted by molar-refractivity contribution is 5.89. The lowest BCUT2D eigenvalue weighted by molar-refractivity contribution is 0.172. The van der Waals surface area contributed by atoms with Crippen molar-refractivity contribution in [1.82, 2.24) is 0 Å². The van der Waals surface area contributed by atoms with E-state index in [4.69, 9.17) is 15.2 Å². The summed E-state index contributed by atoms with van der Waals surface area (Å²) in [5.74, 6) is 0.907. The summed E-state index contributed by atoms with van der Waals surface area (Å²) >= 11 is 0. The number of ether oxygens (including phenoxy) is 2. The summed E-state index contributed by atoms with van der Waals surface area (Å²) in [6, 6.07) is 12.3. The van der Waals surface area contributed by atoms with Crippen molar-refractivity contribution >= 4 is 10.8 Å². The second-order valence-corrected chi connectivity index (χ2v) is 4.69. The normalized spacial score (nSPS) is 12.6. The Bertz CT molecular complexity index is 537. The molecule has 19 heavy (non-hydrogen) atoms. The maximum absolute atomic E-state index is 6.03. The Morgan fingerprint density at radius 1 is 1.11 bits per heavy atom. The van der Waals surface area contributed by atoms with Crippen molar-refractivity contribution in [2.45, 2.75) is 19.4 Å². The Balaban J connectivity index is 2.33. The molecule has 0 saturated heterocycles. The van der Waals surface area contributed by atoms with Crippen LogP contribution < -0.4 is 10.5 Å². The molecule has 2 aromatic rings. The van der Waals surface area contributed by atoms with Crippen LogP contribution >= 0.6 is 0 Å². The minimum Gasteiger partial charge on any atom is -0.493 e. The van der Waals surface area contributed by atoms with Gasteiger partial charge in [0.05, 0.1) is 6.61 Å². The molecule has 3 heteroatoms. The standard InChI is InChI=1S/C16H21NO2/c1-12(17)14-9-8-13-6-3-4-7-15(13)16(14)19-11-5-10-18-2/h3-4,6-9,12H,5,10-11,17H2,1-2H3. The summed E-state index contributed by atoms with van der Waals surface area (Å²) in [7, 11) is 1.70. The average Bonchev–Trinajstić information content (AvgIpc) is 2.43. The van der Waals surface area contributed by atoms with Crippen LogP contribution in [0.2, 0.25) is 0 Å². The van der Waals surface area contributed by atoms with E-state index in [1.807, 2.05) is 19.1 Å². The monoisotopic (exact) mass is 259 g/mol. The molecule has 0 fully saturated rings. The van der Waals surface area contributed by atoms with Crippen LogP contribution in [0.5, 0.6) is 5.75 Å². The van der Waals surface area contributed by atoms with Gasteiger partial charge >= 0.3 is 0 Å². The number of fused-ring (bicyclic) bond motifs is 1. The Morgan fingerprint density at radius 2 is 1.89 bits per heavy atom. The number of methoxy groups -OCH3 is 1. The quantitative estimate of drug-likeness (QED) is 0.810. The molecule has 3 nitrogen and oxygen atoms in total. The lowest BCUT2D eigenvalue weighted by Crippen LogP contribution is -2.10. The fraction of sp³-hybridized carbons (Fsp3) is 0.375. The Morgan fingerprint density at radius 3 is 2.63 bits per heavy atom. The number of hydrogen-bond donors (Lipinski definition) is 1. The SMILES string of the molecule is COCCCOc1c(C(C)N)ccc2ccccc12. The molecule has 1 atom stereocenters. The minimum atomic E-state index is -0.0398. The molecule has 0 bridgehead atoms. The Kier molecular flexibility index (Phi) is 4.77. The summed E-state index contributed by atoms with van der Waals surface area (Å²) in [6.07, 6.45) is 0.873. The molecule has 0 aromatic heterocycles. The average molecular weight is 259 g/mol. The van der Waals surface area contributed by atoms with E-state index >= 15 is 0 Å². The highest BCUT2D eigenvalue weighted by Crippen LogP contribution is 2.32. The van der Waals surface area contributed by atoms with Crippen molar-refractivity contribution in [3.05, 3.63) is 42.0 Å². The molecule has 1 unspecified atom stereocenters. The van der Waals surface area contributed by atoms with Crippen LogP contribution in [0.1, 0.15) is 24.9 Å². The Hall–Kier alpha value is -1.58. The molecule has 0 radical (unpaired) electrons. The number of benzene rings is 2. The second-order valence-electron chi connectivity index (χ2n) is 4.69. The summed E-state index contributed by atoms with van der Waals surface area (Å²) in [5, 5.41) is 2.29. The van der Waals surface area contributed by atoms with Gasteiger partial charge in [-0.1, -0.05) is 36.4 Å². The predicted octanol–water partition coefficient (Wildman–Crippen LogP) is 3.27. The van der Waals surface area contributed by atoms with Crippen molar-refractivity contribution in [2.75, 3.05) is 20.3 Å². The smallest absolute Gasteiger partial charge is 0.131 e. The number of hydrogen-bond acceptors (Lipinski definition) is 3. The van der Waals surface area contributed by atoms with E-state index in [0.717, 1.165) is 23.1 Å². The third-order valence-electron chi connectivity index (χ3n) is 3.14. The first-order valence-electron chi connectivity index (χ1n) is 6.63. The zero-order valence-corrected chi connectivity index (χ0v) is 11.6. The van der Waals surface area contributed by atoms with E-state index < -0.39 is 0 Å². The third kappa shape index (κ3) is 3.25. The van der Waals surface area contributed by atoms with Crippen LogP contribution in [0.4, 0.5) is 0 Å². The molecule has 0 aliphatic heterocycles. The molecule has 0 spiro atoms. The predicted molar refractivity (Wildman–Crippen MR) is 78.5 cm³/mol. The van der Waals surface area contributed by atoms with Crippen LogP contribution in [-0.4, -0.2) is 20.3 Å². The maximum Gasteiger partial charge on any atom is 0.131 e. The molecule has 0 saturated carbocycles. The van der Waals surface area contributed by atoms with Crippen LogP contribution in [0.15, 0.2) is 36.4 Å². The van der Waals surface area contributed by atoms with E-state index in [2.05, 4.69) is 24.3 Å². The summed E-state index contributed by atoms with van der Waals surface area (Å²) in [6.45, 7) is 3.33. The van der Waals surface area contributed by atoms with E-state index in [0.29, 0.717) is 13.2 Å². The van der Waals surface area contributed by atoms with Crippen molar-refractivity contribution in [3.63, 3.8) is 0 Å². The third-order valence-corrected chi connectivity index (χ3v) is 3.14. The van der Waals surface area contributed by atoms with Gasteiger partial charge < -0.3 is 15.2 Å². The van der Waals surface area contributed by atoms with Crippen molar-refractivity contribution in [1.29, 1.82) is 0 Å². The first-order valence-corrected chi connectivity index (χ1v) is 6.63. The Labute approximate surface area is 114 Å². The second kappa shape index (κ2) is 6.55. The minimum absolute atomic E-state index is 0.0398. The van der Waals surface area contributed by atoms with Gasteiger partial charge in [0.2, 0.25) is 0 Å². The van der Waals surface area contributed by atoms with Crippen LogP contribution in [-0.2, 0) is 4.74 Å². The van der Waals surface area contributed by atoms with E-state index in [-0.39, 0.29) is 6.04 Å². The molecular weight excluding hydrogens is 238 g/mol. The summed E-state index contributed by atoms with van der Waals surface area (Å²) in [4.78, 5) is 0. The highest BCUT2D eigenvalue weighted by Gasteiger charge is 2.11. The molecule has 0 heterocycles. The van der Waals surface area contributed by atoms with E-state index in [9.17, 15) is 0 Å². The molecule has 2 aromatic carbocycles. The van der Waals surface area contributed by atoms with E-state index in [1.165, 1.54) is 5.39 Å². The van der Waals surface area contributed by atoms with Gasteiger partial charge in [0.15, 0.2) is 0 Å². The van der Waals surface area contributed by atoms with Gasteiger partial charge in [0, 0.05) is 37.1 Å². The highest BCUT2D eigenvalue weighted by atomic mass is 16.5. The molecule has 0 amide bonds.